The van der Waals surface area contributed by atoms with E-state index in [-0.39, 0.29) is 17.1 Å². The summed E-state index contributed by atoms with van der Waals surface area (Å²) in [6.07, 6.45) is -2.64. The molecule has 3 nitrogen and oxygen atoms in total. The van der Waals surface area contributed by atoms with Crippen molar-refractivity contribution in [2.45, 2.75) is 13.0 Å². The molecule has 0 atom stereocenters. The SMILES string of the molecule is Nc1cc(I)c(C(F)F)c(CO)n1. The molecule has 0 unspecified atom stereocenters. The molecule has 6 heteroatoms. The quantitative estimate of drug-likeness (QED) is 0.817. The van der Waals surface area contributed by atoms with E-state index in [1.807, 2.05) is 0 Å². The number of nitrogen functional groups attached to an aromatic ring is 1. The van der Waals surface area contributed by atoms with E-state index < -0.39 is 13.0 Å². The van der Waals surface area contributed by atoms with Gasteiger partial charge in [0.2, 0.25) is 0 Å². The Morgan fingerprint density at radius 1 is 1.62 bits per heavy atom. The Morgan fingerprint density at radius 2 is 2.23 bits per heavy atom. The number of aromatic nitrogens is 1. The third-order valence-electron chi connectivity index (χ3n) is 1.47. The number of anilines is 1. The first-order valence-corrected chi connectivity index (χ1v) is 4.48. The molecule has 0 amide bonds. The van der Waals surface area contributed by atoms with Gasteiger partial charge in [-0.05, 0) is 28.7 Å². The van der Waals surface area contributed by atoms with Gasteiger partial charge in [-0.1, -0.05) is 0 Å². The van der Waals surface area contributed by atoms with E-state index in [0.29, 0.717) is 3.57 Å². The van der Waals surface area contributed by atoms with E-state index in [2.05, 4.69) is 4.98 Å². The highest BCUT2D eigenvalue weighted by Crippen LogP contribution is 2.28. The number of hydrogen-bond acceptors (Lipinski definition) is 3. The largest absolute Gasteiger partial charge is 0.390 e. The molecule has 0 aromatic carbocycles. The van der Waals surface area contributed by atoms with Crippen molar-refractivity contribution in [2.75, 3.05) is 5.73 Å². The molecule has 0 bridgehead atoms. The highest BCUT2D eigenvalue weighted by molar-refractivity contribution is 14.1. The topological polar surface area (TPSA) is 59.1 Å². The van der Waals surface area contributed by atoms with Crippen LogP contribution in [0.15, 0.2) is 6.07 Å². The van der Waals surface area contributed by atoms with Crippen LogP contribution in [0.5, 0.6) is 0 Å². The van der Waals surface area contributed by atoms with Crippen molar-refractivity contribution in [1.29, 1.82) is 0 Å². The lowest BCUT2D eigenvalue weighted by Crippen LogP contribution is -2.04. The zero-order chi connectivity index (χ0) is 10.0. The van der Waals surface area contributed by atoms with Crippen molar-refractivity contribution in [3.05, 3.63) is 20.9 Å². The van der Waals surface area contributed by atoms with E-state index in [1.54, 1.807) is 22.6 Å². The highest BCUT2D eigenvalue weighted by atomic mass is 127. The van der Waals surface area contributed by atoms with Crippen LogP contribution in [0, 0.1) is 3.57 Å². The van der Waals surface area contributed by atoms with Crippen LogP contribution >= 0.6 is 22.6 Å². The summed E-state index contributed by atoms with van der Waals surface area (Å²) in [7, 11) is 0. The van der Waals surface area contributed by atoms with Gasteiger partial charge in [0.1, 0.15) is 5.82 Å². The van der Waals surface area contributed by atoms with Crippen molar-refractivity contribution in [1.82, 2.24) is 4.98 Å². The first-order valence-electron chi connectivity index (χ1n) is 3.40. The van der Waals surface area contributed by atoms with Gasteiger partial charge in [0.05, 0.1) is 17.9 Å². The molecule has 3 N–H and O–H groups in total. The molecule has 1 heterocycles. The van der Waals surface area contributed by atoms with Crippen molar-refractivity contribution in [3.8, 4) is 0 Å². The molecule has 13 heavy (non-hydrogen) atoms. The number of nitrogens with two attached hydrogens (primary N) is 1. The minimum absolute atomic E-state index is 0.0561. The van der Waals surface area contributed by atoms with Gasteiger partial charge >= 0.3 is 0 Å². The molecule has 72 valence electrons. The van der Waals surface area contributed by atoms with Gasteiger partial charge in [-0.25, -0.2) is 13.8 Å². The van der Waals surface area contributed by atoms with Gasteiger partial charge in [0, 0.05) is 3.57 Å². The van der Waals surface area contributed by atoms with Gasteiger partial charge in [-0.2, -0.15) is 0 Å². The molecule has 0 fully saturated rings. The zero-order valence-electron chi connectivity index (χ0n) is 6.47. The van der Waals surface area contributed by atoms with Crippen molar-refractivity contribution in [2.24, 2.45) is 0 Å². The van der Waals surface area contributed by atoms with Crippen LogP contribution < -0.4 is 5.73 Å². The highest BCUT2D eigenvalue weighted by Gasteiger charge is 2.18. The number of halogens is 3. The monoisotopic (exact) mass is 300 g/mol. The Morgan fingerprint density at radius 3 is 2.69 bits per heavy atom. The van der Waals surface area contributed by atoms with Gasteiger partial charge in [-0.3, -0.25) is 0 Å². The number of aliphatic hydroxyl groups excluding tert-OH is 1. The molecule has 1 rings (SSSR count). The molecule has 1 aromatic rings. The maximum Gasteiger partial charge on any atom is 0.266 e. The molecule has 0 saturated heterocycles. The molecular weight excluding hydrogens is 293 g/mol. The van der Waals surface area contributed by atoms with Crippen LogP contribution in [-0.2, 0) is 6.61 Å². The predicted molar refractivity (Wildman–Crippen MR) is 52.2 cm³/mol. The Balaban J connectivity index is 3.30. The smallest absolute Gasteiger partial charge is 0.266 e. The molecule has 0 saturated carbocycles. The summed E-state index contributed by atoms with van der Waals surface area (Å²) in [6.45, 7) is -0.527. The number of aliphatic hydroxyl groups is 1. The number of hydrogen-bond donors (Lipinski definition) is 2. The van der Waals surface area contributed by atoms with Gasteiger partial charge < -0.3 is 10.8 Å². The van der Waals surface area contributed by atoms with E-state index in [0.717, 1.165) is 0 Å². The van der Waals surface area contributed by atoms with Crippen LogP contribution in [0.3, 0.4) is 0 Å². The Hall–Kier alpha value is -0.500. The van der Waals surface area contributed by atoms with Crippen molar-refractivity contribution in [3.63, 3.8) is 0 Å². The summed E-state index contributed by atoms with van der Waals surface area (Å²) in [6, 6.07) is 1.35. The lowest BCUT2D eigenvalue weighted by Gasteiger charge is -2.08. The normalized spacial score (nSPS) is 10.8. The number of pyridine rings is 1. The van der Waals surface area contributed by atoms with E-state index in [1.165, 1.54) is 6.07 Å². The van der Waals surface area contributed by atoms with Crippen LogP contribution in [0.25, 0.3) is 0 Å². The lowest BCUT2D eigenvalue weighted by molar-refractivity contribution is 0.145. The molecular formula is C7H7F2IN2O. The fraction of sp³-hybridized carbons (Fsp3) is 0.286. The summed E-state index contributed by atoms with van der Waals surface area (Å²) in [5, 5.41) is 8.76. The maximum absolute atomic E-state index is 12.4. The lowest BCUT2D eigenvalue weighted by atomic mass is 10.2. The Kier molecular flexibility index (Phi) is 3.37. The minimum atomic E-state index is -2.64. The van der Waals surface area contributed by atoms with Crippen molar-refractivity contribution >= 4 is 28.4 Å². The van der Waals surface area contributed by atoms with E-state index in [4.69, 9.17) is 10.8 Å². The minimum Gasteiger partial charge on any atom is -0.390 e. The molecule has 0 aliphatic heterocycles. The third kappa shape index (κ3) is 2.25. The zero-order valence-corrected chi connectivity index (χ0v) is 8.62. The molecule has 0 spiro atoms. The second-order valence-corrected chi connectivity index (χ2v) is 3.51. The average molecular weight is 300 g/mol. The molecule has 0 aliphatic carbocycles. The third-order valence-corrected chi connectivity index (χ3v) is 2.37. The summed E-state index contributed by atoms with van der Waals surface area (Å²) in [5.41, 5.74) is 5.04. The Bertz CT molecular complexity index is 320. The van der Waals surface area contributed by atoms with Gasteiger partial charge in [0.25, 0.3) is 6.43 Å². The second-order valence-electron chi connectivity index (χ2n) is 2.35. The van der Waals surface area contributed by atoms with Gasteiger partial charge in [0.15, 0.2) is 0 Å². The van der Waals surface area contributed by atoms with Crippen LogP contribution in [-0.4, -0.2) is 10.1 Å². The van der Waals surface area contributed by atoms with Crippen LogP contribution in [0.4, 0.5) is 14.6 Å². The van der Waals surface area contributed by atoms with Crippen molar-refractivity contribution < 1.29 is 13.9 Å². The summed E-state index contributed by atoms with van der Waals surface area (Å²) < 4.78 is 25.1. The number of alkyl halides is 2. The molecule has 0 aliphatic rings. The maximum atomic E-state index is 12.4. The first kappa shape index (κ1) is 10.6. The fourth-order valence-corrected chi connectivity index (χ4v) is 1.81. The second kappa shape index (κ2) is 4.14. The standard InChI is InChI=1S/C7H7F2IN2O/c8-7(9)6-3(10)1-5(11)12-4(6)2-13/h1,7,13H,2H2,(H2,11,12). The Labute approximate surface area is 87.1 Å². The van der Waals surface area contributed by atoms with Crippen LogP contribution in [0.1, 0.15) is 17.7 Å². The van der Waals surface area contributed by atoms with Gasteiger partial charge in [-0.15, -0.1) is 0 Å². The number of nitrogens with zero attached hydrogens (tertiary/aromatic N) is 1. The average Bonchev–Trinajstić information content (AvgIpc) is 2.01. The predicted octanol–water partition coefficient (Wildman–Crippen LogP) is 1.70. The molecule has 1 aromatic heterocycles. The summed E-state index contributed by atoms with van der Waals surface area (Å²) in [4.78, 5) is 3.62. The molecule has 0 radical (unpaired) electrons. The first-order chi connectivity index (χ1) is 6.06. The summed E-state index contributed by atoms with van der Waals surface area (Å²) in [5.74, 6) is 0.137. The number of rotatable bonds is 2. The van der Waals surface area contributed by atoms with Crippen LogP contribution in [0.2, 0.25) is 0 Å². The van der Waals surface area contributed by atoms with E-state index in [9.17, 15) is 8.78 Å². The fourth-order valence-electron chi connectivity index (χ4n) is 0.944. The van der Waals surface area contributed by atoms with E-state index >= 15 is 0 Å². The summed E-state index contributed by atoms with van der Waals surface area (Å²) >= 11 is 1.74.